The second-order valence-electron chi connectivity index (χ2n) is 3.76. The van der Waals surface area contributed by atoms with E-state index in [9.17, 15) is 0 Å². The molecule has 1 saturated heterocycles. The van der Waals surface area contributed by atoms with Gasteiger partial charge in [0.2, 0.25) is 0 Å². The minimum Gasteiger partial charge on any atom is -0.355 e. The van der Waals surface area contributed by atoms with Gasteiger partial charge in [-0.25, -0.2) is 0 Å². The Bertz CT molecular complexity index is 295. The molecule has 84 valence electrons. The average Bonchev–Trinajstić information content (AvgIpc) is 2.66. The zero-order valence-electron chi connectivity index (χ0n) is 8.99. The third kappa shape index (κ3) is 3.28. The molecule has 0 aromatic carbocycles. The number of aryl methyl sites for hydroxylation is 1. The van der Waals surface area contributed by atoms with E-state index < -0.39 is 0 Å². The Kier molecular flexibility index (Phi) is 4.14. The topological polar surface area (TPSA) is 30.5 Å². The van der Waals surface area contributed by atoms with E-state index in [1.807, 2.05) is 11.3 Å². The van der Waals surface area contributed by atoms with E-state index in [-0.39, 0.29) is 0 Å². The number of hydrogen-bond acceptors (Lipinski definition) is 4. The molecular formula is C11H17NO2S. The van der Waals surface area contributed by atoms with E-state index >= 15 is 0 Å². The Morgan fingerprint density at radius 1 is 1.60 bits per heavy atom. The maximum Gasteiger partial charge on any atom is 0.147 e. The molecule has 1 aromatic rings. The Morgan fingerprint density at radius 3 is 3.20 bits per heavy atom. The highest BCUT2D eigenvalue weighted by molar-refractivity contribution is 7.10. The van der Waals surface area contributed by atoms with Gasteiger partial charge in [-0.1, -0.05) is 0 Å². The van der Waals surface area contributed by atoms with Gasteiger partial charge in [-0.05, 0) is 30.4 Å². The van der Waals surface area contributed by atoms with Crippen molar-refractivity contribution in [3.8, 4) is 0 Å². The van der Waals surface area contributed by atoms with Crippen molar-refractivity contribution in [1.82, 2.24) is 5.32 Å². The molecule has 2 heterocycles. The van der Waals surface area contributed by atoms with Crippen molar-refractivity contribution in [3.05, 3.63) is 21.9 Å². The summed E-state index contributed by atoms with van der Waals surface area (Å²) in [7, 11) is 0. The quantitative estimate of drug-likeness (QED) is 0.852. The van der Waals surface area contributed by atoms with E-state index in [0.29, 0.717) is 12.9 Å². The van der Waals surface area contributed by atoms with Gasteiger partial charge in [-0.15, -0.1) is 11.3 Å². The average molecular weight is 227 g/mol. The van der Waals surface area contributed by atoms with Crippen molar-refractivity contribution in [3.63, 3.8) is 0 Å². The Labute approximate surface area is 94.4 Å². The summed E-state index contributed by atoms with van der Waals surface area (Å²) in [6.07, 6.45) is 1.31. The van der Waals surface area contributed by atoms with Crippen LogP contribution in [0.25, 0.3) is 0 Å². The third-order valence-electron chi connectivity index (χ3n) is 2.60. The van der Waals surface area contributed by atoms with Crippen LogP contribution in [-0.2, 0) is 16.0 Å². The predicted molar refractivity (Wildman–Crippen MR) is 61.1 cm³/mol. The van der Waals surface area contributed by atoms with Gasteiger partial charge in [0.15, 0.2) is 0 Å². The van der Waals surface area contributed by atoms with Crippen LogP contribution in [0.3, 0.4) is 0 Å². The first-order chi connectivity index (χ1) is 7.36. The molecule has 0 saturated carbocycles. The summed E-state index contributed by atoms with van der Waals surface area (Å²) in [6.45, 7) is 5.29. The maximum atomic E-state index is 5.45. The van der Waals surface area contributed by atoms with Gasteiger partial charge in [0.25, 0.3) is 0 Å². The van der Waals surface area contributed by atoms with Crippen LogP contribution >= 0.6 is 11.3 Å². The van der Waals surface area contributed by atoms with Crippen molar-refractivity contribution in [2.75, 3.05) is 19.9 Å². The smallest absolute Gasteiger partial charge is 0.147 e. The molecule has 4 heteroatoms. The molecule has 1 atom stereocenters. The zero-order chi connectivity index (χ0) is 10.5. The molecule has 2 rings (SSSR count). The molecule has 0 bridgehead atoms. The molecular weight excluding hydrogens is 210 g/mol. The summed E-state index contributed by atoms with van der Waals surface area (Å²) in [5, 5.41) is 5.56. The van der Waals surface area contributed by atoms with E-state index in [0.717, 1.165) is 26.1 Å². The lowest BCUT2D eigenvalue weighted by Crippen LogP contribution is -2.33. The van der Waals surface area contributed by atoms with Crippen LogP contribution in [0.15, 0.2) is 11.4 Å². The fraction of sp³-hybridized carbons (Fsp3) is 0.636. The van der Waals surface area contributed by atoms with Gasteiger partial charge in [0, 0.05) is 18.0 Å². The highest BCUT2D eigenvalue weighted by Gasteiger charge is 2.13. The molecule has 1 aliphatic rings. The van der Waals surface area contributed by atoms with Crippen molar-refractivity contribution in [2.24, 2.45) is 0 Å². The van der Waals surface area contributed by atoms with Crippen LogP contribution in [0.4, 0.5) is 0 Å². The van der Waals surface area contributed by atoms with Crippen LogP contribution < -0.4 is 5.32 Å². The number of hydrogen-bond donors (Lipinski definition) is 1. The first-order valence-electron chi connectivity index (χ1n) is 5.29. The van der Waals surface area contributed by atoms with Crippen molar-refractivity contribution in [1.29, 1.82) is 0 Å². The lowest BCUT2D eigenvalue weighted by atomic mass is 10.2. The summed E-state index contributed by atoms with van der Waals surface area (Å²) in [6, 6.07) is 2.16. The lowest BCUT2D eigenvalue weighted by Gasteiger charge is -2.22. The molecule has 0 aliphatic carbocycles. The summed E-state index contributed by atoms with van der Waals surface area (Å²) in [5.41, 5.74) is 1.38. The number of thiophene rings is 1. The summed E-state index contributed by atoms with van der Waals surface area (Å²) >= 11 is 1.81. The summed E-state index contributed by atoms with van der Waals surface area (Å²) in [4.78, 5) is 1.42. The third-order valence-corrected chi connectivity index (χ3v) is 3.62. The summed E-state index contributed by atoms with van der Waals surface area (Å²) in [5.74, 6) is 0. The van der Waals surface area contributed by atoms with Gasteiger partial charge in [-0.3, -0.25) is 0 Å². The molecule has 0 amide bonds. The molecule has 0 spiro atoms. The molecule has 1 N–H and O–H groups in total. The van der Waals surface area contributed by atoms with Gasteiger partial charge in [-0.2, -0.15) is 0 Å². The second-order valence-corrected chi connectivity index (χ2v) is 4.76. The Morgan fingerprint density at radius 2 is 2.53 bits per heavy atom. The van der Waals surface area contributed by atoms with Gasteiger partial charge < -0.3 is 14.8 Å². The normalized spacial score (nSPS) is 21.8. The van der Waals surface area contributed by atoms with Crippen LogP contribution in [0.1, 0.15) is 16.9 Å². The monoisotopic (exact) mass is 227 g/mol. The second kappa shape index (κ2) is 5.61. The lowest BCUT2D eigenvalue weighted by molar-refractivity contribution is -0.137. The van der Waals surface area contributed by atoms with Gasteiger partial charge in [0.1, 0.15) is 6.79 Å². The molecule has 0 radical (unpaired) electrons. The number of rotatable bonds is 4. The molecule has 1 aliphatic heterocycles. The van der Waals surface area contributed by atoms with E-state index in [1.165, 1.54) is 10.4 Å². The van der Waals surface area contributed by atoms with Gasteiger partial charge >= 0.3 is 0 Å². The van der Waals surface area contributed by atoms with Crippen molar-refractivity contribution >= 4 is 11.3 Å². The number of nitrogens with one attached hydrogen (secondary N) is 1. The molecule has 1 aromatic heterocycles. The highest BCUT2D eigenvalue weighted by Crippen LogP contribution is 2.15. The first-order valence-corrected chi connectivity index (χ1v) is 6.17. The maximum absolute atomic E-state index is 5.45. The molecule has 1 unspecified atom stereocenters. The van der Waals surface area contributed by atoms with E-state index in [4.69, 9.17) is 9.47 Å². The van der Waals surface area contributed by atoms with Crippen molar-refractivity contribution in [2.45, 2.75) is 26.0 Å². The van der Waals surface area contributed by atoms with Crippen LogP contribution in [0, 0.1) is 6.92 Å². The molecule has 3 nitrogen and oxygen atoms in total. The van der Waals surface area contributed by atoms with Crippen LogP contribution in [0.2, 0.25) is 0 Å². The fourth-order valence-electron chi connectivity index (χ4n) is 1.59. The van der Waals surface area contributed by atoms with Crippen LogP contribution in [0.5, 0.6) is 0 Å². The Hall–Kier alpha value is -0.420. The zero-order valence-corrected chi connectivity index (χ0v) is 9.81. The Balaban J connectivity index is 1.68. The first kappa shape index (κ1) is 11.1. The molecule has 15 heavy (non-hydrogen) atoms. The standard InChI is InChI=1S/C11H17NO2S/c1-9-3-5-15-11(9)7-12-6-10-2-4-13-8-14-10/h3,5,10,12H,2,4,6-8H2,1H3. The minimum atomic E-state index is 0.319. The highest BCUT2D eigenvalue weighted by atomic mass is 32.1. The molecule has 1 fully saturated rings. The van der Waals surface area contributed by atoms with Crippen molar-refractivity contribution < 1.29 is 9.47 Å². The fourth-order valence-corrected chi connectivity index (χ4v) is 2.47. The SMILES string of the molecule is Cc1ccsc1CNCC1CCOCO1. The van der Waals surface area contributed by atoms with E-state index in [1.54, 1.807) is 0 Å². The van der Waals surface area contributed by atoms with Gasteiger partial charge in [0.05, 0.1) is 12.7 Å². The van der Waals surface area contributed by atoms with Crippen LogP contribution in [-0.4, -0.2) is 26.0 Å². The largest absolute Gasteiger partial charge is 0.355 e. The minimum absolute atomic E-state index is 0.319. The summed E-state index contributed by atoms with van der Waals surface area (Å²) < 4.78 is 10.6. The number of ether oxygens (including phenoxy) is 2. The predicted octanol–water partition coefficient (Wildman–Crippen LogP) is 1.91. The van der Waals surface area contributed by atoms with E-state index in [2.05, 4.69) is 23.7 Å².